The van der Waals surface area contributed by atoms with Gasteiger partial charge in [-0.2, -0.15) is 0 Å². The molecule has 0 radical (unpaired) electrons. The molecule has 0 aliphatic carbocycles. The SMILES string of the molecule is CCC(Cl)C(Cl)Oc1ccc2cc(OC(C)C)ccc2c1Cl. The molecule has 2 unspecified atom stereocenters. The van der Waals surface area contributed by atoms with Crippen molar-refractivity contribution in [1.29, 1.82) is 0 Å². The molecular formula is C17H19Cl3O2. The summed E-state index contributed by atoms with van der Waals surface area (Å²) in [6, 6.07) is 9.51. The Labute approximate surface area is 146 Å². The van der Waals surface area contributed by atoms with E-state index in [-0.39, 0.29) is 11.5 Å². The predicted octanol–water partition coefficient (Wildman–Crippen LogP) is 6.24. The van der Waals surface area contributed by atoms with Crippen molar-refractivity contribution in [2.75, 3.05) is 0 Å². The summed E-state index contributed by atoms with van der Waals surface area (Å²) in [4.78, 5) is 0. The summed E-state index contributed by atoms with van der Waals surface area (Å²) in [5.74, 6) is 1.35. The van der Waals surface area contributed by atoms with Gasteiger partial charge in [0.15, 0.2) is 5.56 Å². The summed E-state index contributed by atoms with van der Waals surface area (Å²) < 4.78 is 11.4. The minimum atomic E-state index is -0.620. The van der Waals surface area contributed by atoms with Crippen LogP contribution in [0.5, 0.6) is 11.5 Å². The standard InChI is InChI=1S/C17H19Cl3O2/c1-4-14(18)17(20)22-15-8-5-11-9-12(21-10(2)3)6-7-13(11)16(15)19/h5-10,14,17H,4H2,1-3H3. The van der Waals surface area contributed by atoms with Gasteiger partial charge >= 0.3 is 0 Å². The molecule has 0 fully saturated rings. The Morgan fingerprint density at radius 2 is 1.77 bits per heavy atom. The van der Waals surface area contributed by atoms with E-state index in [1.54, 1.807) is 6.07 Å². The third-order valence-corrected chi connectivity index (χ3v) is 4.63. The smallest absolute Gasteiger partial charge is 0.188 e. The molecule has 0 bridgehead atoms. The highest BCUT2D eigenvalue weighted by Crippen LogP contribution is 2.36. The first-order valence-electron chi connectivity index (χ1n) is 7.26. The van der Waals surface area contributed by atoms with E-state index in [1.807, 2.05) is 45.0 Å². The molecule has 0 saturated heterocycles. The average Bonchev–Trinajstić information content (AvgIpc) is 2.48. The van der Waals surface area contributed by atoms with Crippen molar-refractivity contribution in [2.24, 2.45) is 0 Å². The first kappa shape index (κ1) is 17.5. The number of hydrogen-bond acceptors (Lipinski definition) is 2. The van der Waals surface area contributed by atoms with E-state index in [4.69, 9.17) is 44.3 Å². The fraction of sp³-hybridized carbons (Fsp3) is 0.412. The van der Waals surface area contributed by atoms with Crippen LogP contribution in [0.2, 0.25) is 5.02 Å². The fourth-order valence-electron chi connectivity index (χ4n) is 2.07. The van der Waals surface area contributed by atoms with Gasteiger partial charge in [0.05, 0.1) is 16.5 Å². The molecule has 5 heteroatoms. The summed E-state index contributed by atoms with van der Waals surface area (Å²) >= 11 is 18.7. The van der Waals surface area contributed by atoms with Crippen molar-refractivity contribution in [2.45, 2.75) is 44.2 Å². The second kappa shape index (κ2) is 7.63. The van der Waals surface area contributed by atoms with E-state index < -0.39 is 5.56 Å². The zero-order chi connectivity index (χ0) is 16.3. The normalized spacial score (nSPS) is 14.1. The molecule has 0 aromatic heterocycles. The number of hydrogen-bond donors (Lipinski definition) is 0. The van der Waals surface area contributed by atoms with Crippen LogP contribution in [0.15, 0.2) is 30.3 Å². The third-order valence-electron chi connectivity index (χ3n) is 3.18. The van der Waals surface area contributed by atoms with Crippen molar-refractivity contribution >= 4 is 45.6 Å². The molecule has 120 valence electrons. The molecule has 0 amide bonds. The Bertz CT molecular complexity index is 643. The first-order chi connectivity index (χ1) is 10.4. The highest BCUT2D eigenvalue weighted by Gasteiger charge is 2.18. The topological polar surface area (TPSA) is 18.5 Å². The van der Waals surface area contributed by atoms with Crippen molar-refractivity contribution in [1.82, 2.24) is 0 Å². The second-order valence-electron chi connectivity index (χ2n) is 5.32. The summed E-state index contributed by atoms with van der Waals surface area (Å²) in [6.45, 7) is 5.94. The van der Waals surface area contributed by atoms with E-state index in [1.165, 1.54) is 0 Å². The fourth-order valence-corrected chi connectivity index (χ4v) is 2.67. The molecule has 0 saturated carbocycles. The van der Waals surface area contributed by atoms with Gasteiger partial charge < -0.3 is 9.47 Å². The zero-order valence-corrected chi connectivity index (χ0v) is 15.0. The van der Waals surface area contributed by atoms with Crippen molar-refractivity contribution in [3.63, 3.8) is 0 Å². The van der Waals surface area contributed by atoms with Gasteiger partial charge in [0.1, 0.15) is 11.5 Å². The van der Waals surface area contributed by atoms with Gasteiger partial charge in [-0.05, 0) is 49.9 Å². The molecule has 2 aromatic rings. The number of halogens is 3. The maximum absolute atomic E-state index is 6.42. The molecule has 2 nitrogen and oxygen atoms in total. The van der Waals surface area contributed by atoms with Crippen molar-refractivity contribution in [3.8, 4) is 11.5 Å². The van der Waals surface area contributed by atoms with Crippen LogP contribution in [0.3, 0.4) is 0 Å². The van der Waals surface area contributed by atoms with Gasteiger partial charge in [-0.1, -0.05) is 36.2 Å². The number of rotatable bonds is 6. The molecule has 2 rings (SSSR count). The van der Waals surface area contributed by atoms with E-state index in [9.17, 15) is 0 Å². The number of ether oxygens (including phenoxy) is 2. The summed E-state index contributed by atoms with van der Waals surface area (Å²) in [5, 5.41) is 2.13. The first-order valence-corrected chi connectivity index (χ1v) is 8.51. The molecule has 0 aliphatic rings. The van der Waals surface area contributed by atoms with Gasteiger partial charge in [0, 0.05) is 5.39 Å². The van der Waals surface area contributed by atoms with Gasteiger partial charge in [0.25, 0.3) is 0 Å². The lowest BCUT2D eigenvalue weighted by Gasteiger charge is -2.18. The Morgan fingerprint density at radius 1 is 1.05 bits per heavy atom. The molecule has 22 heavy (non-hydrogen) atoms. The van der Waals surface area contributed by atoms with E-state index >= 15 is 0 Å². The third kappa shape index (κ3) is 4.13. The van der Waals surface area contributed by atoms with Crippen LogP contribution in [0.25, 0.3) is 10.8 Å². The lowest BCUT2D eigenvalue weighted by Crippen LogP contribution is -2.20. The van der Waals surface area contributed by atoms with Gasteiger partial charge in [0.2, 0.25) is 0 Å². The Morgan fingerprint density at radius 3 is 2.41 bits per heavy atom. The van der Waals surface area contributed by atoms with Crippen molar-refractivity contribution < 1.29 is 9.47 Å². The quantitative estimate of drug-likeness (QED) is 0.567. The minimum Gasteiger partial charge on any atom is -0.491 e. The monoisotopic (exact) mass is 360 g/mol. The predicted molar refractivity (Wildman–Crippen MR) is 94.9 cm³/mol. The van der Waals surface area contributed by atoms with Gasteiger partial charge in [-0.3, -0.25) is 0 Å². The lowest BCUT2D eigenvalue weighted by atomic mass is 10.1. The van der Waals surface area contributed by atoms with Crippen LogP contribution in [-0.4, -0.2) is 17.0 Å². The maximum Gasteiger partial charge on any atom is 0.188 e. The molecule has 0 aliphatic heterocycles. The number of alkyl halides is 2. The summed E-state index contributed by atoms with van der Waals surface area (Å²) in [6.07, 6.45) is 0.846. The maximum atomic E-state index is 6.42. The van der Waals surface area contributed by atoms with Crippen LogP contribution in [0.4, 0.5) is 0 Å². The number of fused-ring (bicyclic) bond motifs is 1. The molecule has 2 aromatic carbocycles. The minimum absolute atomic E-state index is 0.127. The van der Waals surface area contributed by atoms with Crippen molar-refractivity contribution in [3.05, 3.63) is 35.4 Å². The van der Waals surface area contributed by atoms with Crippen LogP contribution < -0.4 is 9.47 Å². The van der Waals surface area contributed by atoms with E-state index in [0.29, 0.717) is 10.8 Å². The largest absolute Gasteiger partial charge is 0.491 e. The lowest BCUT2D eigenvalue weighted by molar-refractivity contribution is 0.243. The highest BCUT2D eigenvalue weighted by molar-refractivity contribution is 6.37. The average molecular weight is 362 g/mol. The molecule has 0 N–H and O–H groups in total. The Balaban J connectivity index is 2.30. The Hall–Kier alpha value is -0.830. The second-order valence-corrected chi connectivity index (χ2v) is 6.69. The Kier molecular flexibility index (Phi) is 6.08. The zero-order valence-electron chi connectivity index (χ0n) is 12.8. The molecule has 0 spiro atoms. The van der Waals surface area contributed by atoms with Crippen LogP contribution >= 0.6 is 34.8 Å². The highest BCUT2D eigenvalue weighted by atomic mass is 35.5. The molecule has 2 atom stereocenters. The van der Waals surface area contributed by atoms with Crippen LogP contribution in [0.1, 0.15) is 27.2 Å². The van der Waals surface area contributed by atoms with E-state index in [2.05, 4.69) is 0 Å². The number of benzene rings is 2. The van der Waals surface area contributed by atoms with Crippen LogP contribution in [-0.2, 0) is 0 Å². The van der Waals surface area contributed by atoms with Crippen LogP contribution in [0, 0.1) is 0 Å². The molecule has 0 heterocycles. The van der Waals surface area contributed by atoms with Gasteiger partial charge in [-0.15, -0.1) is 11.6 Å². The van der Waals surface area contributed by atoms with E-state index in [0.717, 1.165) is 22.9 Å². The van der Waals surface area contributed by atoms with Gasteiger partial charge in [-0.25, -0.2) is 0 Å². The molecular weight excluding hydrogens is 343 g/mol. The summed E-state index contributed by atoms with van der Waals surface area (Å²) in [5.41, 5.74) is -0.620. The summed E-state index contributed by atoms with van der Waals surface area (Å²) in [7, 11) is 0.